The average Bonchev–Trinajstić information content (AvgIpc) is 2.35. The Morgan fingerprint density at radius 2 is 1.75 bits per heavy atom. The number of aryl methyl sites for hydroxylation is 2. The summed E-state index contributed by atoms with van der Waals surface area (Å²) in [6.07, 6.45) is 0.689. The Balaban J connectivity index is 2.76. The van der Waals surface area contributed by atoms with E-state index >= 15 is 0 Å². The van der Waals surface area contributed by atoms with Gasteiger partial charge in [0.1, 0.15) is 0 Å². The van der Waals surface area contributed by atoms with Crippen LogP contribution in [0.1, 0.15) is 42.6 Å². The average molecular weight is 299 g/mol. The van der Waals surface area contributed by atoms with E-state index in [1.54, 1.807) is 0 Å². The van der Waals surface area contributed by atoms with Crippen LogP contribution in [0.15, 0.2) is 18.2 Å². The van der Waals surface area contributed by atoms with E-state index in [1.165, 1.54) is 11.4 Å². The molecule has 1 aromatic carbocycles. The SMILES string of the molecule is CCCCS(=O)(=O)N(C)CC(O)c1cc(C)cc(C)c1. The quantitative estimate of drug-likeness (QED) is 0.841. The number of sulfonamides is 1. The molecule has 1 aromatic rings. The summed E-state index contributed by atoms with van der Waals surface area (Å²) < 4.78 is 25.3. The molecule has 20 heavy (non-hydrogen) atoms. The summed E-state index contributed by atoms with van der Waals surface area (Å²) in [7, 11) is -1.75. The van der Waals surface area contributed by atoms with Crippen LogP contribution in [0.3, 0.4) is 0 Å². The van der Waals surface area contributed by atoms with Crippen LogP contribution in [0.4, 0.5) is 0 Å². The summed E-state index contributed by atoms with van der Waals surface area (Å²) in [5, 5.41) is 10.2. The lowest BCUT2D eigenvalue weighted by Crippen LogP contribution is -2.33. The molecule has 0 amide bonds. The monoisotopic (exact) mass is 299 g/mol. The zero-order valence-corrected chi connectivity index (χ0v) is 13.6. The van der Waals surface area contributed by atoms with Gasteiger partial charge in [-0.3, -0.25) is 0 Å². The molecular weight excluding hydrogens is 274 g/mol. The predicted octanol–water partition coefficient (Wildman–Crippen LogP) is 2.40. The third-order valence-electron chi connectivity index (χ3n) is 3.29. The molecule has 0 saturated heterocycles. The number of hydrogen-bond acceptors (Lipinski definition) is 3. The van der Waals surface area contributed by atoms with Crippen molar-refractivity contribution in [3.8, 4) is 0 Å². The number of rotatable bonds is 7. The van der Waals surface area contributed by atoms with Crippen molar-refractivity contribution in [2.24, 2.45) is 0 Å². The van der Waals surface area contributed by atoms with Crippen LogP contribution in [0.2, 0.25) is 0 Å². The molecular formula is C15H25NO3S. The van der Waals surface area contributed by atoms with Gasteiger partial charge in [0.25, 0.3) is 0 Å². The minimum atomic E-state index is -3.27. The predicted molar refractivity (Wildman–Crippen MR) is 82.2 cm³/mol. The summed E-state index contributed by atoms with van der Waals surface area (Å²) in [6, 6.07) is 5.81. The number of aliphatic hydroxyl groups is 1. The van der Waals surface area contributed by atoms with Crippen LogP contribution in [0.25, 0.3) is 0 Å². The molecule has 0 saturated carbocycles. The number of aliphatic hydroxyl groups excluding tert-OH is 1. The number of unbranched alkanes of at least 4 members (excludes halogenated alkanes) is 1. The second-order valence-corrected chi connectivity index (χ2v) is 7.58. The first-order valence-electron chi connectivity index (χ1n) is 6.96. The van der Waals surface area contributed by atoms with Gasteiger partial charge in [-0.15, -0.1) is 0 Å². The third kappa shape index (κ3) is 4.89. The largest absolute Gasteiger partial charge is 0.387 e. The molecule has 4 nitrogen and oxygen atoms in total. The lowest BCUT2D eigenvalue weighted by Gasteiger charge is -2.21. The van der Waals surface area contributed by atoms with E-state index in [1.807, 2.05) is 39.0 Å². The van der Waals surface area contributed by atoms with Gasteiger partial charge in [0, 0.05) is 13.6 Å². The first-order valence-corrected chi connectivity index (χ1v) is 8.57. The van der Waals surface area contributed by atoms with E-state index < -0.39 is 16.1 Å². The summed E-state index contributed by atoms with van der Waals surface area (Å²) in [5.41, 5.74) is 2.89. The minimum absolute atomic E-state index is 0.0922. The van der Waals surface area contributed by atoms with E-state index in [-0.39, 0.29) is 12.3 Å². The van der Waals surface area contributed by atoms with Crippen molar-refractivity contribution >= 4 is 10.0 Å². The lowest BCUT2D eigenvalue weighted by atomic mass is 10.0. The van der Waals surface area contributed by atoms with Crippen LogP contribution in [-0.2, 0) is 10.0 Å². The van der Waals surface area contributed by atoms with Crippen molar-refractivity contribution in [3.05, 3.63) is 34.9 Å². The van der Waals surface area contributed by atoms with E-state index in [4.69, 9.17) is 0 Å². The Kier molecular flexibility index (Phi) is 6.17. The Bertz CT molecular complexity index is 520. The van der Waals surface area contributed by atoms with Gasteiger partial charge in [0.15, 0.2) is 0 Å². The van der Waals surface area contributed by atoms with Crippen LogP contribution in [0, 0.1) is 13.8 Å². The highest BCUT2D eigenvalue weighted by atomic mass is 32.2. The van der Waals surface area contributed by atoms with Crippen molar-refractivity contribution in [1.82, 2.24) is 4.31 Å². The second-order valence-electron chi connectivity index (χ2n) is 5.39. The van der Waals surface area contributed by atoms with Gasteiger partial charge < -0.3 is 5.11 Å². The highest BCUT2D eigenvalue weighted by molar-refractivity contribution is 7.89. The highest BCUT2D eigenvalue weighted by Gasteiger charge is 2.21. The summed E-state index contributed by atoms with van der Waals surface area (Å²) in [4.78, 5) is 0. The topological polar surface area (TPSA) is 57.6 Å². The van der Waals surface area contributed by atoms with Crippen LogP contribution in [0.5, 0.6) is 0 Å². The van der Waals surface area contributed by atoms with E-state index in [2.05, 4.69) is 0 Å². The first kappa shape index (κ1) is 17.1. The third-order valence-corrected chi connectivity index (χ3v) is 5.19. The zero-order valence-electron chi connectivity index (χ0n) is 12.8. The number of benzene rings is 1. The van der Waals surface area contributed by atoms with Gasteiger partial charge in [-0.25, -0.2) is 12.7 Å². The maximum Gasteiger partial charge on any atom is 0.213 e. The first-order chi connectivity index (χ1) is 9.26. The maximum atomic E-state index is 12.0. The van der Waals surface area contributed by atoms with Crippen LogP contribution < -0.4 is 0 Å². The number of nitrogens with zero attached hydrogens (tertiary/aromatic N) is 1. The van der Waals surface area contributed by atoms with Crippen LogP contribution in [-0.4, -0.2) is 37.2 Å². The molecule has 5 heteroatoms. The Labute approximate surface area is 122 Å². The molecule has 0 aromatic heterocycles. The molecule has 0 radical (unpaired) electrons. The van der Waals surface area contributed by atoms with Crippen LogP contribution >= 0.6 is 0 Å². The fraction of sp³-hybridized carbons (Fsp3) is 0.600. The van der Waals surface area contributed by atoms with Gasteiger partial charge in [0.05, 0.1) is 11.9 Å². The Morgan fingerprint density at radius 1 is 1.20 bits per heavy atom. The summed E-state index contributed by atoms with van der Waals surface area (Å²) >= 11 is 0. The summed E-state index contributed by atoms with van der Waals surface area (Å²) in [5.74, 6) is 0.138. The smallest absolute Gasteiger partial charge is 0.213 e. The molecule has 1 unspecified atom stereocenters. The summed E-state index contributed by atoms with van der Waals surface area (Å²) in [6.45, 7) is 5.98. The Morgan fingerprint density at radius 3 is 2.25 bits per heavy atom. The fourth-order valence-electron chi connectivity index (χ4n) is 2.15. The van der Waals surface area contributed by atoms with Gasteiger partial charge >= 0.3 is 0 Å². The molecule has 0 aliphatic heterocycles. The van der Waals surface area contributed by atoms with E-state index in [0.29, 0.717) is 6.42 Å². The van der Waals surface area contributed by atoms with Gasteiger partial charge in [-0.2, -0.15) is 0 Å². The molecule has 0 fully saturated rings. The molecule has 0 heterocycles. The molecule has 0 aliphatic rings. The molecule has 114 valence electrons. The fourth-order valence-corrected chi connectivity index (χ4v) is 3.48. The standard InChI is InChI=1S/C15H25NO3S/c1-5-6-7-20(18,19)16(4)11-15(17)14-9-12(2)8-13(3)10-14/h8-10,15,17H,5-7,11H2,1-4H3. The van der Waals surface area contributed by atoms with Gasteiger partial charge in [-0.05, 0) is 25.8 Å². The minimum Gasteiger partial charge on any atom is -0.387 e. The Hall–Kier alpha value is -0.910. The lowest BCUT2D eigenvalue weighted by molar-refractivity contribution is 0.155. The molecule has 0 spiro atoms. The molecule has 1 atom stereocenters. The van der Waals surface area contributed by atoms with Crippen molar-refractivity contribution in [2.45, 2.75) is 39.7 Å². The van der Waals surface area contributed by atoms with Crippen molar-refractivity contribution in [1.29, 1.82) is 0 Å². The number of hydrogen-bond donors (Lipinski definition) is 1. The van der Waals surface area contributed by atoms with E-state index in [0.717, 1.165) is 23.1 Å². The van der Waals surface area contributed by atoms with Gasteiger partial charge in [-0.1, -0.05) is 42.7 Å². The van der Waals surface area contributed by atoms with Gasteiger partial charge in [0.2, 0.25) is 10.0 Å². The molecule has 0 aliphatic carbocycles. The van der Waals surface area contributed by atoms with Crippen molar-refractivity contribution < 1.29 is 13.5 Å². The second kappa shape index (κ2) is 7.20. The highest BCUT2D eigenvalue weighted by Crippen LogP contribution is 2.19. The molecule has 1 rings (SSSR count). The normalized spacial score (nSPS) is 13.7. The number of likely N-dealkylation sites (N-methyl/N-ethyl adjacent to an activating group) is 1. The van der Waals surface area contributed by atoms with Crippen molar-refractivity contribution in [2.75, 3.05) is 19.3 Å². The van der Waals surface area contributed by atoms with E-state index in [9.17, 15) is 13.5 Å². The zero-order chi connectivity index (χ0) is 15.3. The molecule has 0 bridgehead atoms. The maximum absolute atomic E-state index is 12.0. The molecule has 1 N–H and O–H groups in total. The van der Waals surface area contributed by atoms with Crippen molar-refractivity contribution in [3.63, 3.8) is 0 Å².